The molecule has 102 valence electrons. The van der Waals surface area contributed by atoms with Crippen LogP contribution in [0.5, 0.6) is 0 Å². The van der Waals surface area contributed by atoms with Crippen LogP contribution in [-0.4, -0.2) is 37.8 Å². The van der Waals surface area contributed by atoms with Gasteiger partial charge in [0.1, 0.15) is 0 Å². The number of nitrogens with zero attached hydrogens (tertiary/aromatic N) is 3. The molecule has 1 aromatic rings. The number of aryl methyl sites for hydroxylation is 1. The molecule has 1 rings (SSSR count). The molecule has 0 aliphatic heterocycles. The molecule has 1 aromatic heterocycles. The standard InChI is InChI=1S/C12H21N3O3/c1-9(2)5-6-10-11(12(17)18)13-14-15(10)7-3-4-8-16/h9,16H,3-8H2,1-2H3,(H,17,18). The topological polar surface area (TPSA) is 88.2 Å². The number of aliphatic hydroxyl groups is 1. The van der Waals surface area contributed by atoms with Gasteiger partial charge in [0.05, 0.1) is 5.69 Å². The lowest BCUT2D eigenvalue weighted by molar-refractivity contribution is 0.0689. The molecule has 6 nitrogen and oxygen atoms in total. The summed E-state index contributed by atoms with van der Waals surface area (Å²) < 4.78 is 1.65. The molecule has 0 aliphatic carbocycles. The number of carboxylic acid groups (broad SMARTS) is 1. The van der Waals surface area contributed by atoms with Crippen LogP contribution >= 0.6 is 0 Å². The molecule has 0 spiro atoms. The minimum absolute atomic E-state index is 0.0552. The van der Waals surface area contributed by atoms with Crippen molar-refractivity contribution in [3.63, 3.8) is 0 Å². The molecule has 0 atom stereocenters. The van der Waals surface area contributed by atoms with Gasteiger partial charge < -0.3 is 10.2 Å². The van der Waals surface area contributed by atoms with Crippen LogP contribution < -0.4 is 0 Å². The van der Waals surface area contributed by atoms with E-state index in [0.29, 0.717) is 31.0 Å². The first-order valence-corrected chi connectivity index (χ1v) is 6.32. The van der Waals surface area contributed by atoms with Crippen molar-refractivity contribution in [2.45, 2.75) is 46.1 Å². The number of carbonyl (C=O) groups is 1. The van der Waals surface area contributed by atoms with E-state index in [1.165, 1.54) is 0 Å². The van der Waals surface area contributed by atoms with Crippen LogP contribution in [0.3, 0.4) is 0 Å². The summed E-state index contributed by atoms with van der Waals surface area (Å²) in [5.74, 6) is -0.519. The first-order chi connectivity index (χ1) is 8.56. The molecule has 0 radical (unpaired) electrons. The maximum absolute atomic E-state index is 11.1. The predicted molar refractivity (Wildman–Crippen MR) is 66.5 cm³/mol. The molecule has 0 unspecified atom stereocenters. The van der Waals surface area contributed by atoms with Gasteiger partial charge in [0.2, 0.25) is 0 Å². The van der Waals surface area contributed by atoms with Gasteiger partial charge in [-0.15, -0.1) is 5.10 Å². The average Bonchev–Trinajstić information content (AvgIpc) is 2.70. The summed E-state index contributed by atoms with van der Waals surface area (Å²) in [6.45, 7) is 4.94. The van der Waals surface area contributed by atoms with Gasteiger partial charge in [0.15, 0.2) is 5.69 Å². The molecule has 18 heavy (non-hydrogen) atoms. The zero-order chi connectivity index (χ0) is 13.5. The highest BCUT2D eigenvalue weighted by molar-refractivity contribution is 5.86. The summed E-state index contributed by atoms with van der Waals surface area (Å²) in [7, 11) is 0. The highest BCUT2D eigenvalue weighted by Gasteiger charge is 2.18. The Labute approximate surface area is 107 Å². The van der Waals surface area contributed by atoms with Gasteiger partial charge in [-0.2, -0.15) is 0 Å². The summed E-state index contributed by atoms with van der Waals surface area (Å²) in [4.78, 5) is 11.1. The van der Waals surface area contributed by atoms with Crippen LogP contribution in [0.1, 0.15) is 49.3 Å². The molecular weight excluding hydrogens is 234 g/mol. The molecule has 0 aliphatic rings. The SMILES string of the molecule is CC(C)CCc1c(C(=O)O)nnn1CCCCO. The van der Waals surface area contributed by atoms with E-state index in [4.69, 9.17) is 10.2 Å². The quantitative estimate of drug-likeness (QED) is 0.684. The van der Waals surface area contributed by atoms with E-state index in [9.17, 15) is 4.79 Å². The number of rotatable bonds is 8. The number of aromatic carboxylic acids is 1. The van der Waals surface area contributed by atoms with Crippen LogP contribution in [-0.2, 0) is 13.0 Å². The van der Waals surface area contributed by atoms with Gasteiger partial charge in [-0.1, -0.05) is 19.1 Å². The fraction of sp³-hybridized carbons (Fsp3) is 0.750. The fourth-order valence-corrected chi connectivity index (χ4v) is 1.72. The second-order valence-electron chi connectivity index (χ2n) is 4.78. The summed E-state index contributed by atoms with van der Waals surface area (Å²) >= 11 is 0. The Morgan fingerprint density at radius 3 is 2.67 bits per heavy atom. The summed E-state index contributed by atoms with van der Waals surface area (Å²) in [6, 6.07) is 0. The van der Waals surface area contributed by atoms with Crippen molar-refractivity contribution >= 4 is 5.97 Å². The van der Waals surface area contributed by atoms with Crippen LogP contribution in [0.2, 0.25) is 0 Å². The monoisotopic (exact) mass is 255 g/mol. The lowest BCUT2D eigenvalue weighted by Crippen LogP contribution is -2.10. The first kappa shape index (κ1) is 14.6. The van der Waals surface area contributed by atoms with Crippen molar-refractivity contribution in [3.8, 4) is 0 Å². The van der Waals surface area contributed by atoms with Crippen molar-refractivity contribution < 1.29 is 15.0 Å². The Kier molecular flexibility index (Phi) is 5.77. The first-order valence-electron chi connectivity index (χ1n) is 6.32. The second-order valence-corrected chi connectivity index (χ2v) is 4.78. The zero-order valence-electron chi connectivity index (χ0n) is 11.0. The lowest BCUT2D eigenvalue weighted by Gasteiger charge is -2.08. The van der Waals surface area contributed by atoms with Crippen LogP contribution in [0, 0.1) is 5.92 Å². The van der Waals surface area contributed by atoms with Gasteiger partial charge in [-0.3, -0.25) is 0 Å². The molecule has 0 amide bonds. The van der Waals surface area contributed by atoms with Gasteiger partial charge in [-0.25, -0.2) is 9.48 Å². The van der Waals surface area contributed by atoms with E-state index in [1.807, 2.05) is 0 Å². The smallest absolute Gasteiger partial charge is 0.358 e. The van der Waals surface area contributed by atoms with Crippen LogP contribution in [0.25, 0.3) is 0 Å². The number of carboxylic acids is 1. The number of aromatic nitrogens is 3. The molecule has 0 saturated heterocycles. The van der Waals surface area contributed by atoms with Crippen molar-refractivity contribution in [2.24, 2.45) is 5.92 Å². The van der Waals surface area contributed by atoms with Gasteiger partial charge in [0, 0.05) is 13.2 Å². The maximum atomic E-state index is 11.1. The third-order valence-corrected chi connectivity index (χ3v) is 2.78. The molecule has 1 heterocycles. The Balaban J connectivity index is 2.78. The third kappa shape index (κ3) is 4.10. The second kappa shape index (κ2) is 7.10. The van der Waals surface area contributed by atoms with E-state index in [-0.39, 0.29) is 12.3 Å². The normalized spacial score (nSPS) is 11.1. The van der Waals surface area contributed by atoms with E-state index in [1.54, 1.807) is 4.68 Å². The summed E-state index contributed by atoms with van der Waals surface area (Å²) in [5.41, 5.74) is 0.744. The van der Waals surface area contributed by atoms with Crippen molar-refractivity contribution in [1.29, 1.82) is 0 Å². The Hall–Kier alpha value is -1.43. The summed E-state index contributed by atoms with van der Waals surface area (Å²) in [5, 5.41) is 25.4. The largest absolute Gasteiger partial charge is 0.476 e. The zero-order valence-corrected chi connectivity index (χ0v) is 11.0. The Morgan fingerprint density at radius 2 is 2.11 bits per heavy atom. The maximum Gasteiger partial charge on any atom is 0.358 e. The Morgan fingerprint density at radius 1 is 1.39 bits per heavy atom. The highest BCUT2D eigenvalue weighted by Crippen LogP contribution is 2.13. The third-order valence-electron chi connectivity index (χ3n) is 2.78. The van der Waals surface area contributed by atoms with Crippen molar-refractivity contribution in [1.82, 2.24) is 15.0 Å². The Bertz CT molecular complexity index is 388. The van der Waals surface area contributed by atoms with E-state index in [2.05, 4.69) is 24.2 Å². The highest BCUT2D eigenvalue weighted by atomic mass is 16.4. The molecule has 0 bridgehead atoms. The van der Waals surface area contributed by atoms with Crippen molar-refractivity contribution in [2.75, 3.05) is 6.61 Å². The number of hydrogen-bond donors (Lipinski definition) is 2. The number of hydrogen-bond acceptors (Lipinski definition) is 4. The average molecular weight is 255 g/mol. The molecule has 2 N–H and O–H groups in total. The summed E-state index contributed by atoms with van der Waals surface area (Å²) in [6.07, 6.45) is 3.04. The van der Waals surface area contributed by atoms with Crippen LogP contribution in [0.4, 0.5) is 0 Å². The molecular formula is C12H21N3O3. The van der Waals surface area contributed by atoms with E-state index in [0.717, 1.165) is 12.8 Å². The van der Waals surface area contributed by atoms with Gasteiger partial charge in [0.25, 0.3) is 0 Å². The molecule has 6 heteroatoms. The van der Waals surface area contributed by atoms with Gasteiger partial charge in [-0.05, 0) is 31.6 Å². The molecule has 0 aromatic carbocycles. The van der Waals surface area contributed by atoms with E-state index >= 15 is 0 Å². The predicted octanol–water partition coefficient (Wildman–Crippen LogP) is 1.34. The minimum Gasteiger partial charge on any atom is -0.476 e. The van der Waals surface area contributed by atoms with E-state index < -0.39 is 5.97 Å². The number of aliphatic hydroxyl groups excluding tert-OH is 1. The van der Waals surface area contributed by atoms with Gasteiger partial charge >= 0.3 is 5.97 Å². The molecule has 0 saturated carbocycles. The molecule has 0 fully saturated rings. The van der Waals surface area contributed by atoms with Crippen LogP contribution in [0.15, 0.2) is 0 Å². The van der Waals surface area contributed by atoms with Crippen molar-refractivity contribution in [3.05, 3.63) is 11.4 Å². The minimum atomic E-state index is -1.03. The number of unbranched alkanes of at least 4 members (excludes halogenated alkanes) is 1. The fourth-order valence-electron chi connectivity index (χ4n) is 1.72. The lowest BCUT2D eigenvalue weighted by atomic mass is 10.1.